The number of furan rings is 1. The number of hydrogen-bond donors (Lipinski definition) is 1. The van der Waals surface area contributed by atoms with Gasteiger partial charge in [0.25, 0.3) is 11.5 Å². The Hall–Kier alpha value is -4.08. The zero-order valence-corrected chi connectivity index (χ0v) is 15.2. The highest BCUT2D eigenvalue weighted by molar-refractivity contribution is 6.01. The lowest BCUT2D eigenvalue weighted by Crippen LogP contribution is -2.27. The summed E-state index contributed by atoms with van der Waals surface area (Å²) in [5, 5.41) is 2.87. The highest BCUT2D eigenvalue weighted by atomic mass is 19.1. The van der Waals surface area contributed by atoms with E-state index in [2.05, 4.69) is 10.3 Å². The molecule has 8 nitrogen and oxygen atoms in total. The van der Waals surface area contributed by atoms with E-state index in [-0.39, 0.29) is 11.3 Å². The molecule has 0 saturated carbocycles. The highest BCUT2D eigenvalue weighted by Gasteiger charge is 2.16. The lowest BCUT2D eigenvalue weighted by Gasteiger charge is -2.08. The Labute approximate surface area is 166 Å². The van der Waals surface area contributed by atoms with E-state index < -0.39 is 42.2 Å². The molecule has 0 radical (unpaired) electrons. The summed E-state index contributed by atoms with van der Waals surface area (Å²) in [6.07, 6.45) is 1.18. The number of amides is 1. The number of esters is 1. The number of rotatable bonds is 5. The predicted octanol–water partition coefficient (Wildman–Crippen LogP) is 2.60. The summed E-state index contributed by atoms with van der Waals surface area (Å²) >= 11 is 0. The quantitative estimate of drug-likeness (QED) is 0.505. The smallest absolute Gasteiger partial charge is 0.326 e. The second kappa shape index (κ2) is 7.74. The summed E-state index contributed by atoms with van der Waals surface area (Å²) in [6, 6.07) is 9.47. The SMILES string of the molecule is O=C(COC(=O)Cn1cnc2c(oc3ccccc32)c1=O)Nc1cc(F)cc(F)c1. The third-order valence-electron chi connectivity index (χ3n) is 4.16. The van der Waals surface area contributed by atoms with Gasteiger partial charge in [-0.2, -0.15) is 0 Å². The lowest BCUT2D eigenvalue weighted by molar-refractivity contribution is -0.147. The Bertz CT molecular complexity index is 1330. The van der Waals surface area contributed by atoms with Gasteiger partial charge in [-0.3, -0.25) is 19.0 Å². The first-order valence-electron chi connectivity index (χ1n) is 8.69. The Morgan fingerprint density at radius 2 is 1.87 bits per heavy atom. The maximum Gasteiger partial charge on any atom is 0.326 e. The fourth-order valence-electron chi connectivity index (χ4n) is 2.88. The summed E-state index contributed by atoms with van der Waals surface area (Å²) in [5.41, 5.74) is 0.166. The number of para-hydroxylation sites is 1. The van der Waals surface area contributed by atoms with E-state index >= 15 is 0 Å². The molecule has 0 saturated heterocycles. The molecule has 10 heteroatoms. The topological polar surface area (TPSA) is 103 Å². The zero-order valence-electron chi connectivity index (χ0n) is 15.2. The number of carbonyl (C=O) groups excluding carboxylic acids is 2. The molecule has 0 unspecified atom stereocenters. The van der Waals surface area contributed by atoms with Gasteiger partial charge in [0.1, 0.15) is 29.3 Å². The van der Waals surface area contributed by atoms with Crippen molar-refractivity contribution in [3.05, 3.63) is 70.8 Å². The molecule has 4 aromatic rings. The fourth-order valence-corrected chi connectivity index (χ4v) is 2.88. The van der Waals surface area contributed by atoms with Gasteiger partial charge in [0.2, 0.25) is 5.58 Å². The van der Waals surface area contributed by atoms with Gasteiger partial charge in [-0.15, -0.1) is 0 Å². The Kier molecular flexibility index (Phi) is 4.97. The number of fused-ring (bicyclic) bond motifs is 3. The molecule has 0 atom stereocenters. The molecule has 0 fully saturated rings. The number of halogens is 2. The number of carbonyl (C=O) groups is 2. The average Bonchev–Trinajstić information content (AvgIpc) is 3.07. The number of benzene rings is 2. The van der Waals surface area contributed by atoms with Crippen LogP contribution in [0, 0.1) is 11.6 Å². The van der Waals surface area contributed by atoms with E-state index in [1.54, 1.807) is 24.3 Å². The maximum atomic E-state index is 13.1. The molecule has 2 aromatic heterocycles. The molecule has 0 bridgehead atoms. The normalized spacial score (nSPS) is 11.0. The van der Waals surface area contributed by atoms with Crippen molar-refractivity contribution in [2.75, 3.05) is 11.9 Å². The Morgan fingerprint density at radius 1 is 1.13 bits per heavy atom. The van der Waals surface area contributed by atoms with Crippen LogP contribution in [0.3, 0.4) is 0 Å². The third kappa shape index (κ3) is 3.88. The van der Waals surface area contributed by atoms with Crippen LogP contribution in [-0.2, 0) is 20.9 Å². The minimum absolute atomic E-state index is 0.00243. The van der Waals surface area contributed by atoms with Crippen LogP contribution in [0.25, 0.3) is 22.1 Å². The van der Waals surface area contributed by atoms with E-state index in [1.165, 1.54) is 6.33 Å². The van der Waals surface area contributed by atoms with E-state index in [9.17, 15) is 23.2 Å². The first kappa shape index (κ1) is 19.2. The van der Waals surface area contributed by atoms with Crippen LogP contribution in [0.5, 0.6) is 0 Å². The Balaban J connectivity index is 1.42. The van der Waals surface area contributed by atoms with Gasteiger partial charge in [0.15, 0.2) is 6.61 Å². The van der Waals surface area contributed by atoms with Crippen molar-refractivity contribution < 1.29 is 27.5 Å². The van der Waals surface area contributed by atoms with Crippen LogP contribution < -0.4 is 10.9 Å². The van der Waals surface area contributed by atoms with Crippen LogP contribution in [-0.4, -0.2) is 28.0 Å². The lowest BCUT2D eigenvalue weighted by atomic mass is 10.2. The molecule has 4 rings (SSSR count). The van der Waals surface area contributed by atoms with E-state index in [0.29, 0.717) is 22.6 Å². The number of aromatic nitrogens is 2. The minimum Gasteiger partial charge on any atom is -0.454 e. The van der Waals surface area contributed by atoms with Crippen molar-refractivity contribution in [1.29, 1.82) is 0 Å². The zero-order chi connectivity index (χ0) is 21.3. The van der Waals surface area contributed by atoms with Gasteiger partial charge < -0.3 is 14.5 Å². The largest absolute Gasteiger partial charge is 0.454 e. The number of hydrogen-bond acceptors (Lipinski definition) is 6. The van der Waals surface area contributed by atoms with Gasteiger partial charge in [-0.1, -0.05) is 12.1 Å². The summed E-state index contributed by atoms with van der Waals surface area (Å²) in [7, 11) is 0. The number of nitrogens with one attached hydrogen (secondary N) is 1. The molecule has 2 heterocycles. The van der Waals surface area contributed by atoms with Crippen molar-refractivity contribution in [2.24, 2.45) is 0 Å². The average molecular weight is 413 g/mol. The summed E-state index contributed by atoms with van der Waals surface area (Å²) < 4.78 is 37.6. The standard InChI is InChI=1S/C20H13F2N3O5/c21-11-5-12(22)7-13(6-11)24-16(26)9-29-17(27)8-25-10-23-18-14-3-1-2-4-15(14)30-19(18)20(25)28/h1-7,10H,8-9H2,(H,24,26). The van der Waals surface area contributed by atoms with E-state index in [1.807, 2.05) is 0 Å². The molecule has 0 aliphatic rings. The van der Waals surface area contributed by atoms with Gasteiger partial charge in [-0.25, -0.2) is 13.8 Å². The van der Waals surface area contributed by atoms with Gasteiger partial charge >= 0.3 is 5.97 Å². The van der Waals surface area contributed by atoms with Crippen LogP contribution in [0.4, 0.5) is 14.5 Å². The summed E-state index contributed by atoms with van der Waals surface area (Å²) in [5.74, 6) is -3.41. The molecule has 1 N–H and O–H groups in total. The van der Waals surface area contributed by atoms with E-state index in [4.69, 9.17) is 9.15 Å². The van der Waals surface area contributed by atoms with Crippen molar-refractivity contribution in [3.8, 4) is 0 Å². The fraction of sp³-hybridized carbons (Fsp3) is 0.100. The van der Waals surface area contributed by atoms with Crippen molar-refractivity contribution >= 4 is 39.6 Å². The molecular weight excluding hydrogens is 400 g/mol. The molecule has 0 aliphatic heterocycles. The van der Waals surface area contributed by atoms with Gasteiger partial charge in [0.05, 0.1) is 6.33 Å². The maximum absolute atomic E-state index is 13.1. The molecule has 2 aromatic carbocycles. The monoisotopic (exact) mass is 413 g/mol. The molecule has 0 aliphatic carbocycles. The molecule has 0 spiro atoms. The number of anilines is 1. The van der Waals surface area contributed by atoms with Crippen molar-refractivity contribution in [1.82, 2.24) is 9.55 Å². The summed E-state index contributed by atoms with van der Waals surface area (Å²) in [4.78, 5) is 40.5. The van der Waals surface area contributed by atoms with Crippen LogP contribution in [0.2, 0.25) is 0 Å². The van der Waals surface area contributed by atoms with Crippen LogP contribution >= 0.6 is 0 Å². The van der Waals surface area contributed by atoms with Crippen LogP contribution in [0.1, 0.15) is 0 Å². The first-order valence-corrected chi connectivity index (χ1v) is 8.69. The predicted molar refractivity (Wildman–Crippen MR) is 102 cm³/mol. The number of nitrogens with zero attached hydrogens (tertiary/aromatic N) is 2. The highest BCUT2D eigenvalue weighted by Crippen LogP contribution is 2.24. The van der Waals surface area contributed by atoms with E-state index in [0.717, 1.165) is 16.7 Å². The first-order chi connectivity index (χ1) is 14.4. The van der Waals surface area contributed by atoms with Crippen molar-refractivity contribution in [2.45, 2.75) is 6.54 Å². The van der Waals surface area contributed by atoms with Crippen LogP contribution in [0.15, 0.2) is 58.0 Å². The molecule has 152 valence electrons. The van der Waals surface area contributed by atoms with Gasteiger partial charge in [0, 0.05) is 17.1 Å². The third-order valence-corrected chi connectivity index (χ3v) is 4.16. The molecule has 1 amide bonds. The Morgan fingerprint density at radius 3 is 2.63 bits per heavy atom. The minimum atomic E-state index is -0.880. The molecule has 30 heavy (non-hydrogen) atoms. The summed E-state index contributed by atoms with van der Waals surface area (Å²) in [6.45, 7) is -1.20. The number of ether oxygens (including phenoxy) is 1. The molecular formula is C20H13F2N3O5. The van der Waals surface area contributed by atoms with Gasteiger partial charge in [-0.05, 0) is 24.3 Å². The van der Waals surface area contributed by atoms with Crippen molar-refractivity contribution in [3.63, 3.8) is 0 Å². The second-order valence-corrected chi connectivity index (χ2v) is 6.32. The second-order valence-electron chi connectivity index (χ2n) is 6.32.